The van der Waals surface area contributed by atoms with Gasteiger partial charge in [-0.1, -0.05) is 6.07 Å². The van der Waals surface area contributed by atoms with Crippen molar-refractivity contribution >= 4 is 40.4 Å². The fraction of sp³-hybridized carbons (Fsp3) is 0.455. The second-order valence-electron chi connectivity index (χ2n) is 8.04. The number of rotatable bonds is 4. The Balaban J connectivity index is 1.42. The summed E-state index contributed by atoms with van der Waals surface area (Å²) >= 11 is 3.09. The summed E-state index contributed by atoms with van der Waals surface area (Å²) in [6, 6.07) is 7.63. The normalized spacial score (nSPS) is 17.2. The van der Waals surface area contributed by atoms with Crippen molar-refractivity contribution in [3.05, 3.63) is 51.4 Å². The van der Waals surface area contributed by atoms with Crippen LogP contribution in [0, 0.1) is 0 Å². The van der Waals surface area contributed by atoms with Gasteiger partial charge in [-0.3, -0.25) is 14.5 Å². The molecule has 32 heavy (non-hydrogen) atoms. The lowest BCUT2D eigenvalue weighted by molar-refractivity contribution is 0.0766. The van der Waals surface area contributed by atoms with E-state index in [1.807, 2.05) is 22.7 Å². The minimum absolute atomic E-state index is 0.0270. The summed E-state index contributed by atoms with van der Waals surface area (Å²) in [5, 5.41) is 0. The van der Waals surface area contributed by atoms with Crippen LogP contribution in [-0.4, -0.2) is 73.8 Å². The molecule has 168 valence electrons. The maximum Gasteiger partial charge on any atom is 0.259 e. The zero-order valence-electron chi connectivity index (χ0n) is 18.0. The maximum absolute atomic E-state index is 13.4. The van der Waals surface area contributed by atoms with Crippen LogP contribution in [0.1, 0.15) is 21.6 Å². The molecule has 0 atom stereocenters. The summed E-state index contributed by atoms with van der Waals surface area (Å²) in [5.41, 5.74) is 4.23. The molecule has 0 radical (unpaired) electrons. The molecule has 2 aliphatic rings. The molecule has 2 aromatic heterocycles. The summed E-state index contributed by atoms with van der Waals surface area (Å²) in [5.74, 6) is 2.24. The molecule has 2 aliphatic heterocycles. The van der Waals surface area contributed by atoms with Crippen LogP contribution in [0.4, 0.5) is 0 Å². The number of nitrogens with zero attached hydrogens (tertiary/aromatic N) is 5. The number of hydrogen-bond donors (Lipinski definition) is 0. The molecule has 10 heteroatoms. The molecule has 5 rings (SSSR count). The highest BCUT2D eigenvalue weighted by atomic mass is 32.2. The van der Waals surface area contributed by atoms with E-state index in [4.69, 9.17) is 4.74 Å². The maximum atomic E-state index is 13.4. The second-order valence-corrected chi connectivity index (χ2v) is 9.80. The van der Waals surface area contributed by atoms with Crippen LogP contribution in [0.2, 0.25) is 0 Å². The third kappa shape index (κ3) is 4.14. The standard InChI is InChI=1S/C22H25N5O3S2/c1-30-19-13-20(28)27-7-6-25(14-15-2-3-16-17(12-15)24-32-23-16)5-4-18(27)21(19)22(29)26-8-10-31-11-9-26/h2-3,12-13H,4-11,14H2,1H3. The van der Waals surface area contributed by atoms with Gasteiger partial charge in [-0.05, 0) is 17.7 Å². The summed E-state index contributed by atoms with van der Waals surface area (Å²) in [6.45, 7) is 4.27. The third-order valence-electron chi connectivity index (χ3n) is 6.14. The van der Waals surface area contributed by atoms with E-state index in [1.54, 1.807) is 4.57 Å². The highest BCUT2D eigenvalue weighted by Crippen LogP contribution is 2.26. The number of ether oxygens (including phenoxy) is 1. The minimum Gasteiger partial charge on any atom is -0.496 e. The zero-order chi connectivity index (χ0) is 22.1. The second kappa shape index (κ2) is 9.21. The van der Waals surface area contributed by atoms with Crippen molar-refractivity contribution in [3.8, 4) is 5.75 Å². The largest absolute Gasteiger partial charge is 0.496 e. The Bertz CT molecular complexity index is 1200. The Kier molecular flexibility index (Phi) is 6.16. The molecule has 8 nitrogen and oxygen atoms in total. The summed E-state index contributed by atoms with van der Waals surface area (Å²) in [7, 11) is 1.53. The molecule has 0 unspecified atom stereocenters. The number of methoxy groups -OCH3 is 1. The fourth-order valence-corrected chi connectivity index (χ4v) is 5.87. The SMILES string of the molecule is COc1cc(=O)n2c(c1C(=O)N1CCSCC1)CCN(Cc1ccc3nsnc3c1)CC2. The van der Waals surface area contributed by atoms with Gasteiger partial charge in [0, 0.05) is 69.0 Å². The van der Waals surface area contributed by atoms with Crippen LogP contribution in [0.25, 0.3) is 11.0 Å². The molecule has 1 saturated heterocycles. The van der Waals surface area contributed by atoms with Gasteiger partial charge in [0.15, 0.2) is 0 Å². The van der Waals surface area contributed by atoms with Crippen molar-refractivity contribution in [1.82, 2.24) is 23.1 Å². The van der Waals surface area contributed by atoms with Gasteiger partial charge in [0.1, 0.15) is 22.3 Å². The Labute approximate surface area is 194 Å². The predicted octanol–water partition coefficient (Wildman–Crippen LogP) is 2.11. The number of hydrogen-bond acceptors (Lipinski definition) is 8. The van der Waals surface area contributed by atoms with E-state index < -0.39 is 0 Å². The number of pyridine rings is 1. The van der Waals surface area contributed by atoms with Crippen LogP contribution in [0.5, 0.6) is 5.75 Å². The van der Waals surface area contributed by atoms with E-state index in [0.29, 0.717) is 24.3 Å². The molecule has 1 aromatic carbocycles. The Hall–Kier alpha value is -2.43. The van der Waals surface area contributed by atoms with Crippen molar-refractivity contribution in [3.63, 3.8) is 0 Å². The van der Waals surface area contributed by atoms with E-state index in [2.05, 4.69) is 25.8 Å². The molecule has 4 heterocycles. The molecule has 1 amide bonds. The van der Waals surface area contributed by atoms with E-state index in [1.165, 1.54) is 30.5 Å². The van der Waals surface area contributed by atoms with E-state index >= 15 is 0 Å². The number of fused-ring (bicyclic) bond motifs is 2. The van der Waals surface area contributed by atoms with Gasteiger partial charge in [0.25, 0.3) is 11.5 Å². The predicted molar refractivity (Wildman–Crippen MR) is 127 cm³/mol. The summed E-state index contributed by atoms with van der Waals surface area (Å²) in [4.78, 5) is 30.5. The molecule has 3 aromatic rings. The van der Waals surface area contributed by atoms with Crippen molar-refractivity contribution in [1.29, 1.82) is 0 Å². The smallest absolute Gasteiger partial charge is 0.259 e. The van der Waals surface area contributed by atoms with Crippen LogP contribution in [0.15, 0.2) is 29.1 Å². The molecule has 0 saturated carbocycles. The number of amides is 1. The number of thioether (sulfide) groups is 1. The zero-order valence-corrected chi connectivity index (χ0v) is 19.6. The average Bonchev–Trinajstić information content (AvgIpc) is 3.19. The van der Waals surface area contributed by atoms with Gasteiger partial charge in [-0.25, -0.2) is 0 Å². The Morgan fingerprint density at radius 3 is 2.69 bits per heavy atom. The minimum atomic E-state index is -0.112. The lowest BCUT2D eigenvalue weighted by atomic mass is 10.1. The number of carbonyl (C=O) groups is 1. The van der Waals surface area contributed by atoms with E-state index in [-0.39, 0.29) is 11.5 Å². The third-order valence-corrected chi connectivity index (χ3v) is 7.64. The van der Waals surface area contributed by atoms with Gasteiger partial charge in [-0.2, -0.15) is 20.5 Å². The van der Waals surface area contributed by atoms with Crippen LogP contribution in [-0.2, 0) is 19.5 Å². The summed E-state index contributed by atoms with van der Waals surface area (Å²) < 4.78 is 15.9. The fourth-order valence-electron chi connectivity index (χ4n) is 4.45. The first kappa shape index (κ1) is 21.4. The van der Waals surface area contributed by atoms with Crippen molar-refractivity contribution in [2.45, 2.75) is 19.5 Å². The monoisotopic (exact) mass is 471 g/mol. The first-order valence-corrected chi connectivity index (χ1v) is 12.6. The number of carbonyl (C=O) groups excluding carboxylic acids is 1. The van der Waals surface area contributed by atoms with Gasteiger partial charge < -0.3 is 14.2 Å². The van der Waals surface area contributed by atoms with Crippen LogP contribution in [0.3, 0.4) is 0 Å². The molecule has 1 fully saturated rings. The lowest BCUT2D eigenvalue weighted by Crippen LogP contribution is -2.39. The number of aromatic nitrogens is 3. The molecule has 0 spiro atoms. The van der Waals surface area contributed by atoms with Crippen LogP contribution >= 0.6 is 23.5 Å². The average molecular weight is 472 g/mol. The lowest BCUT2D eigenvalue weighted by Gasteiger charge is -2.28. The van der Waals surface area contributed by atoms with Crippen molar-refractivity contribution in [2.75, 3.05) is 44.8 Å². The van der Waals surface area contributed by atoms with Crippen molar-refractivity contribution in [2.24, 2.45) is 0 Å². The highest BCUT2D eigenvalue weighted by molar-refractivity contribution is 7.99. The quantitative estimate of drug-likeness (QED) is 0.577. The van der Waals surface area contributed by atoms with Gasteiger partial charge in [0.2, 0.25) is 0 Å². The molecule has 0 N–H and O–H groups in total. The van der Waals surface area contributed by atoms with E-state index in [0.717, 1.165) is 61.0 Å². The molecular weight excluding hydrogens is 446 g/mol. The van der Waals surface area contributed by atoms with Gasteiger partial charge in [-0.15, -0.1) is 0 Å². The molecule has 0 aliphatic carbocycles. The first-order valence-electron chi connectivity index (χ1n) is 10.8. The Morgan fingerprint density at radius 2 is 1.88 bits per heavy atom. The number of benzene rings is 1. The molecule has 0 bridgehead atoms. The first-order chi connectivity index (χ1) is 15.6. The van der Waals surface area contributed by atoms with Crippen LogP contribution < -0.4 is 10.3 Å². The highest BCUT2D eigenvalue weighted by Gasteiger charge is 2.29. The molecular formula is C22H25N5O3S2. The Morgan fingerprint density at radius 1 is 1.06 bits per heavy atom. The summed E-state index contributed by atoms with van der Waals surface area (Å²) in [6.07, 6.45) is 0.622. The topological polar surface area (TPSA) is 80.6 Å². The van der Waals surface area contributed by atoms with Crippen molar-refractivity contribution < 1.29 is 9.53 Å². The van der Waals surface area contributed by atoms with Gasteiger partial charge in [0.05, 0.1) is 18.8 Å². The van der Waals surface area contributed by atoms with Gasteiger partial charge >= 0.3 is 0 Å². The van der Waals surface area contributed by atoms with E-state index in [9.17, 15) is 9.59 Å².